The van der Waals surface area contributed by atoms with Gasteiger partial charge in [-0.05, 0) is 54.8 Å². The van der Waals surface area contributed by atoms with Gasteiger partial charge in [0.15, 0.2) is 0 Å². The second kappa shape index (κ2) is 4.85. The van der Waals surface area contributed by atoms with Gasteiger partial charge in [0.25, 0.3) is 0 Å². The first kappa shape index (κ1) is 12.1. The molecule has 0 radical (unpaired) electrons. The molecule has 0 bridgehead atoms. The van der Waals surface area contributed by atoms with Gasteiger partial charge in [0.2, 0.25) is 0 Å². The van der Waals surface area contributed by atoms with E-state index in [1.165, 1.54) is 0 Å². The van der Waals surface area contributed by atoms with Gasteiger partial charge in [-0.2, -0.15) is 0 Å². The third-order valence-corrected chi connectivity index (χ3v) is 2.92. The van der Waals surface area contributed by atoms with Gasteiger partial charge in [-0.15, -0.1) is 5.92 Å². The number of aryl methyl sites for hydroxylation is 1. The molecule has 4 N–H and O–H groups in total. The van der Waals surface area contributed by atoms with E-state index < -0.39 is 0 Å². The largest absolute Gasteiger partial charge is 0.399 e. The SMILES string of the molecule is CC#Cc1cc(-c2ccc(N)c(C)c2)ccc1N. The summed E-state index contributed by atoms with van der Waals surface area (Å²) in [6.45, 7) is 3.81. The molecular formula is C16H16N2. The van der Waals surface area contributed by atoms with Gasteiger partial charge >= 0.3 is 0 Å². The Balaban J connectivity index is 2.52. The molecule has 2 rings (SSSR count). The lowest BCUT2D eigenvalue weighted by Crippen LogP contribution is -1.92. The summed E-state index contributed by atoms with van der Waals surface area (Å²) in [7, 11) is 0. The quantitative estimate of drug-likeness (QED) is 0.590. The molecule has 0 aliphatic heterocycles. The highest BCUT2D eigenvalue weighted by Gasteiger charge is 2.03. The van der Waals surface area contributed by atoms with Crippen LogP contribution in [0.25, 0.3) is 11.1 Å². The van der Waals surface area contributed by atoms with Crippen LogP contribution in [-0.4, -0.2) is 0 Å². The molecule has 0 amide bonds. The zero-order chi connectivity index (χ0) is 13.1. The number of hydrogen-bond donors (Lipinski definition) is 2. The van der Waals surface area contributed by atoms with Gasteiger partial charge in [0, 0.05) is 16.9 Å². The minimum Gasteiger partial charge on any atom is -0.399 e. The fourth-order valence-corrected chi connectivity index (χ4v) is 1.83. The smallest absolute Gasteiger partial charge is 0.0480 e. The minimum atomic E-state index is 0.709. The molecule has 0 saturated heterocycles. The van der Waals surface area contributed by atoms with Crippen LogP contribution in [0.1, 0.15) is 18.1 Å². The van der Waals surface area contributed by atoms with Crippen molar-refractivity contribution in [1.82, 2.24) is 0 Å². The summed E-state index contributed by atoms with van der Waals surface area (Å²) < 4.78 is 0. The lowest BCUT2D eigenvalue weighted by Gasteiger charge is -2.07. The molecule has 18 heavy (non-hydrogen) atoms. The van der Waals surface area contributed by atoms with Gasteiger partial charge in [-0.1, -0.05) is 18.1 Å². The monoisotopic (exact) mass is 236 g/mol. The Morgan fingerprint density at radius 2 is 1.50 bits per heavy atom. The van der Waals surface area contributed by atoms with Crippen molar-refractivity contribution in [3.8, 4) is 23.0 Å². The van der Waals surface area contributed by atoms with Crippen LogP contribution in [0.3, 0.4) is 0 Å². The van der Waals surface area contributed by atoms with Crippen LogP contribution in [0, 0.1) is 18.8 Å². The molecule has 0 fully saturated rings. The third-order valence-electron chi connectivity index (χ3n) is 2.92. The van der Waals surface area contributed by atoms with E-state index >= 15 is 0 Å². The van der Waals surface area contributed by atoms with Crippen LogP contribution < -0.4 is 11.5 Å². The van der Waals surface area contributed by atoms with E-state index in [2.05, 4.69) is 17.9 Å². The Morgan fingerprint density at radius 3 is 2.11 bits per heavy atom. The fourth-order valence-electron chi connectivity index (χ4n) is 1.83. The van der Waals surface area contributed by atoms with Crippen molar-refractivity contribution in [3.63, 3.8) is 0 Å². The summed E-state index contributed by atoms with van der Waals surface area (Å²) >= 11 is 0. The maximum atomic E-state index is 5.89. The Bertz CT molecular complexity index is 646. The van der Waals surface area contributed by atoms with E-state index in [4.69, 9.17) is 11.5 Å². The average molecular weight is 236 g/mol. The molecule has 2 aromatic rings. The zero-order valence-electron chi connectivity index (χ0n) is 10.6. The van der Waals surface area contributed by atoms with Gasteiger partial charge < -0.3 is 11.5 Å². The third kappa shape index (κ3) is 2.31. The fraction of sp³-hybridized carbons (Fsp3) is 0.125. The standard InChI is InChI=1S/C16H16N2/c1-3-4-14-10-13(6-8-16(14)18)12-5-7-15(17)11(2)9-12/h5-10H,17-18H2,1-2H3. The van der Waals surface area contributed by atoms with Crippen molar-refractivity contribution >= 4 is 11.4 Å². The molecule has 90 valence electrons. The maximum absolute atomic E-state index is 5.89. The normalized spacial score (nSPS) is 9.67. The van der Waals surface area contributed by atoms with E-state index in [-0.39, 0.29) is 0 Å². The molecule has 0 atom stereocenters. The van der Waals surface area contributed by atoms with Crippen molar-refractivity contribution in [2.75, 3.05) is 11.5 Å². The van der Waals surface area contributed by atoms with Gasteiger partial charge in [0.1, 0.15) is 0 Å². The number of anilines is 2. The first-order valence-corrected chi connectivity index (χ1v) is 5.80. The van der Waals surface area contributed by atoms with E-state index in [9.17, 15) is 0 Å². The second-order valence-electron chi connectivity index (χ2n) is 4.25. The molecule has 2 nitrogen and oxygen atoms in total. The van der Waals surface area contributed by atoms with Crippen molar-refractivity contribution < 1.29 is 0 Å². The summed E-state index contributed by atoms with van der Waals surface area (Å²) in [4.78, 5) is 0. The van der Waals surface area contributed by atoms with Crippen molar-refractivity contribution in [3.05, 3.63) is 47.5 Å². The highest BCUT2D eigenvalue weighted by atomic mass is 14.6. The number of nitrogens with two attached hydrogens (primary N) is 2. The van der Waals surface area contributed by atoms with E-state index in [1.54, 1.807) is 6.92 Å². The average Bonchev–Trinajstić information content (AvgIpc) is 2.36. The summed E-state index contributed by atoms with van der Waals surface area (Å²) in [5.74, 6) is 5.89. The van der Waals surface area contributed by atoms with Crippen LogP contribution >= 0.6 is 0 Å². The molecule has 0 aliphatic rings. The van der Waals surface area contributed by atoms with Crippen LogP contribution in [0.15, 0.2) is 36.4 Å². The van der Waals surface area contributed by atoms with E-state index in [1.807, 2.05) is 37.3 Å². The van der Waals surface area contributed by atoms with Crippen LogP contribution in [0.4, 0.5) is 11.4 Å². The lowest BCUT2D eigenvalue weighted by molar-refractivity contribution is 1.46. The Morgan fingerprint density at radius 1 is 0.889 bits per heavy atom. The predicted octanol–water partition coefficient (Wildman–Crippen LogP) is 3.20. The molecule has 0 aromatic heterocycles. The zero-order valence-corrected chi connectivity index (χ0v) is 10.6. The highest BCUT2D eigenvalue weighted by molar-refractivity contribution is 5.72. The molecule has 0 aliphatic carbocycles. The lowest BCUT2D eigenvalue weighted by atomic mass is 10.00. The summed E-state index contributed by atoms with van der Waals surface area (Å²) in [6, 6.07) is 11.9. The van der Waals surface area contributed by atoms with Gasteiger partial charge in [-0.25, -0.2) is 0 Å². The van der Waals surface area contributed by atoms with Crippen LogP contribution in [0.5, 0.6) is 0 Å². The minimum absolute atomic E-state index is 0.709. The van der Waals surface area contributed by atoms with Crippen molar-refractivity contribution in [2.45, 2.75) is 13.8 Å². The predicted molar refractivity (Wildman–Crippen MR) is 78.0 cm³/mol. The molecule has 2 heteroatoms. The molecule has 0 saturated carbocycles. The molecule has 0 spiro atoms. The Labute approximate surface area is 108 Å². The van der Waals surface area contributed by atoms with Crippen molar-refractivity contribution in [1.29, 1.82) is 0 Å². The van der Waals surface area contributed by atoms with E-state index in [0.29, 0.717) is 5.69 Å². The topological polar surface area (TPSA) is 52.0 Å². The second-order valence-corrected chi connectivity index (χ2v) is 4.25. The number of hydrogen-bond acceptors (Lipinski definition) is 2. The number of rotatable bonds is 1. The summed E-state index contributed by atoms with van der Waals surface area (Å²) in [6.07, 6.45) is 0. The molecule has 0 heterocycles. The summed E-state index contributed by atoms with van der Waals surface area (Å²) in [5, 5.41) is 0. The van der Waals surface area contributed by atoms with E-state index in [0.717, 1.165) is 27.9 Å². The maximum Gasteiger partial charge on any atom is 0.0480 e. The first-order chi connectivity index (χ1) is 8.61. The first-order valence-electron chi connectivity index (χ1n) is 5.80. The molecular weight excluding hydrogens is 220 g/mol. The number of benzene rings is 2. The summed E-state index contributed by atoms with van der Waals surface area (Å²) in [5.41, 5.74) is 17.4. The van der Waals surface area contributed by atoms with Crippen molar-refractivity contribution in [2.24, 2.45) is 0 Å². The van der Waals surface area contributed by atoms with Gasteiger partial charge in [0.05, 0.1) is 0 Å². The Kier molecular flexibility index (Phi) is 3.25. The van der Waals surface area contributed by atoms with Crippen LogP contribution in [-0.2, 0) is 0 Å². The number of nitrogen functional groups attached to an aromatic ring is 2. The van der Waals surface area contributed by atoms with Crippen LogP contribution in [0.2, 0.25) is 0 Å². The van der Waals surface area contributed by atoms with Gasteiger partial charge in [-0.3, -0.25) is 0 Å². The molecule has 0 unspecified atom stereocenters. The molecule has 2 aromatic carbocycles. The highest BCUT2D eigenvalue weighted by Crippen LogP contribution is 2.26. The Hall–Kier alpha value is -2.40.